The lowest BCUT2D eigenvalue weighted by molar-refractivity contribution is 0.161. The van der Waals surface area contributed by atoms with Crippen molar-refractivity contribution in [3.05, 3.63) is 41.3 Å². The number of ether oxygens (including phenoxy) is 1. The predicted octanol–water partition coefficient (Wildman–Crippen LogP) is 6.10. The second-order valence-electron chi connectivity index (χ2n) is 10.1. The lowest BCUT2D eigenvalue weighted by Crippen LogP contribution is -2.42. The molecule has 5 nitrogen and oxygen atoms in total. The van der Waals surface area contributed by atoms with E-state index in [9.17, 15) is 4.39 Å². The molecule has 1 atom stereocenters. The van der Waals surface area contributed by atoms with Crippen molar-refractivity contribution in [1.29, 1.82) is 0 Å². The molecule has 0 unspecified atom stereocenters. The lowest BCUT2D eigenvalue weighted by atomic mass is 9.90. The zero-order valence-corrected chi connectivity index (χ0v) is 20.6. The maximum absolute atomic E-state index is 14.8. The quantitative estimate of drug-likeness (QED) is 0.388. The highest BCUT2D eigenvalue weighted by atomic mass is 35.5. The molecule has 2 aliphatic rings. The number of aromatic nitrogens is 1. The van der Waals surface area contributed by atoms with Gasteiger partial charge in [0.1, 0.15) is 11.6 Å². The molecule has 2 aliphatic carbocycles. The number of pyridine rings is 1. The van der Waals surface area contributed by atoms with Gasteiger partial charge in [0.2, 0.25) is 0 Å². The molecule has 0 amide bonds. The molecule has 33 heavy (non-hydrogen) atoms. The van der Waals surface area contributed by atoms with E-state index in [1.54, 1.807) is 19.4 Å². The molecule has 0 radical (unpaired) electrons. The molecular formula is C26H36ClFN4O. The van der Waals surface area contributed by atoms with Crippen molar-refractivity contribution in [3.8, 4) is 11.1 Å². The summed E-state index contributed by atoms with van der Waals surface area (Å²) < 4.78 is 20.0. The van der Waals surface area contributed by atoms with Crippen LogP contribution in [0, 0.1) is 11.2 Å². The molecule has 1 aromatic carbocycles. The van der Waals surface area contributed by atoms with E-state index in [0.29, 0.717) is 39.7 Å². The standard InChI is InChI=1S/C26H36ClFN4O/c1-17(15-33-3)31-18-4-6-19(7-5-18)32-25-13-21(23(27)14-29-25)22-12-20(8-9-24(22)28)30-16-26(2)10-11-26/h8-9,12-14,17-19,30-31H,4-7,10-11,15-16H2,1-3H3,(H,29,32)/t17-,18-,19-/m1/s1. The molecular weight excluding hydrogens is 439 g/mol. The van der Waals surface area contributed by atoms with Gasteiger partial charge >= 0.3 is 0 Å². The van der Waals surface area contributed by atoms with E-state index in [2.05, 4.69) is 34.8 Å². The third-order valence-corrected chi connectivity index (χ3v) is 7.25. The van der Waals surface area contributed by atoms with Gasteiger partial charge in [0.15, 0.2) is 0 Å². The summed E-state index contributed by atoms with van der Waals surface area (Å²) in [5.41, 5.74) is 2.44. The van der Waals surface area contributed by atoms with Gasteiger partial charge in [-0.1, -0.05) is 18.5 Å². The van der Waals surface area contributed by atoms with E-state index in [1.807, 2.05) is 12.1 Å². The number of benzene rings is 1. The third-order valence-electron chi connectivity index (χ3n) is 6.95. The van der Waals surface area contributed by atoms with Gasteiger partial charge < -0.3 is 20.7 Å². The van der Waals surface area contributed by atoms with Crippen molar-refractivity contribution in [2.24, 2.45) is 5.41 Å². The van der Waals surface area contributed by atoms with Crippen molar-refractivity contribution in [2.75, 3.05) is 30.9 Å². The van der Waals surface area contributed by atoms with Crippen LogP contribution < -0.4 is 16.0 Å². The number of rotatable bonds is 10. The molecule has 1 aromatic heterocycles. The average molecular weight is 475 g/mol. The molecule has 0 aliphatic heterocycles. The number of anilines is 2. The highest BCUT2D eigenvalue weighted by Crippen LogP contribution is 2.45. The van der Waals surface area contributed by atoms with Gasteiger partial charge in [-0.15, -0.1) is 0 Å². The Hall–Kier alpha value is -1.89. The lowest BCUT2D eigenvalue weighted by Gasteiger charge is -2.32. The number of halogens is 2. The van der Waals surface area contributed by atoms with E-state index in [1.165, 1.54) is 18.9 Å². The monoisotopic (exact) mass is 474 g/mol. The van der Waals surface area contributed by atoms with Gasteiger partial charge in [0, 0.05) is 54.8 Å². The highest BCUT2D eigenvalue weighted by molar-refractivity contribution is 6.33. The SMILES string of the molecule is COC[C@@H](C)N[C@H]1CC[C@H](Nc2cc(-c3cc(NCC4(C)CC4)ccc3F)c(Cl)cn2)CC1. The summed E-state index contributed by atoms with van der Waals surface area (Å²) >= 11 is 6.45. The number of nitrogens with one attached hydrogen (secondary N) is 3. The van der Waals surface area contributed by atoms with Crippen LogP contribution in [0.4, 0.5) is 15.9 Å². The number of hydrogen-bond donors (Lipinski definition) is 3. The Bertz CT molecular complexity index is 944. The minimum Gasteiger partial charge on any atom is -0.384 e. The summed E-state index contributed by atoms with van der Waals surface area (Å²) in [6.45, 7) is 6.05. The van der Waals surface area contributed by atoms with Gasteiger partial charge in [0.25, 0.3) is 0 Å². The fourth-order valence-corrected chi connectivity index (χ4v) is 4.79. The topological polar surface area (TPSA) is 58.2 Å². The van der Waals surface area contributed by atoms with Crippen LogP contribution in [0.2, 0.25) is 5.02 Å². The molecule has 7 heteroatoms. The second-order valence-corrected chi connectivity index (χ2v) is 10.5. The molecule has 4 rings (SSSR count). The molecule has 0 saturated heterocycles. The van der Waals surface area contributed by atoms with Crippen LogP contribution in [0.15, 0.2) is 30.5 Å². The molecule has 0 spiro atoms. The largest absolute Gasteiger partial charge is 0.384 e. The Morgan fingerprint density at radius 3 is 2.58 bits per heavy atom. The first-order chi connectivity index (χ1) is 15.8. The van der Waals surface area contributed by atoms with Crippen LogP contribution in [0.5, 0.6) is 0 Å². The summed E-state index contributed by atoms with van der Waals surface area (Å²) in [7, 11) is 1.74. The fraction of sp³-hybridized carbons (Fsp3) is 0.577. The molecule has 2 saturated carbocycles. The maximum atomic E-state index is 14.8. The highest BCUT2D eigenvalue weighted by Gasteiger charge is 2.36. The first kappa shape index (κ1) is 24.2. The smallest absolute Gasteiger partial charge is 0.131 e. The zero-order valence-electron chi connectivity index (χ0n) is 19.9. The van der Waals surface area contributed by atoms with Crippen LogP contribution in [0.3, 0.4) is 0 Å². The molecule has 2 aromatic rings. The Balaban J connectivity index is 1.40. The molecule has 3 N–H and O–H groups in total. The van der Waals surface area contributed by atoms with Crippen LogP contribution in [-0.2, 0) is 4.74 Å². The van der Waals surface area contributed by atoms with Gasteiger partial charge in [-0.05, 0) is 75.1 Å². The van der Waals surface area contributed by atoms with Crippen LogP contribution >= 0.6 is 11.6 Å². The van der Waals surface area contributed by atoms with E-state index in [4.69, 9.17) is 16.3 Å². The van der Waals surface area contributed by atoms with Crippen molar-refractivity contribution >= 4 is 23.1 Å². The summed E-state index contributed by atoms with van der Waals surface area (Å²) in [4.78, 5) is 4.47. The van der Waals surface area contributed by atoms with E-state index in [0.717, 1.165) is 50.3 Å². The van der Waals surface area contributed by atoms with Crippen molar-refractivity contribution in [1.82, 2.24) is 10.3 Å². The van der Waals surface area contributed by atoms with Crippen LogP contribution in [0.25, 0.3) is 11.1 Å². The summed E-state index contributed by atoms with van der Waals surface area (Å²) in [5.74, 6) is 0.454. The number of nitrogens with zero attached hydrogens (tertiary/aromatic N) is 1. The fourth-order valence-electron chi connectivity index (χ4n) is 4.59. The molecule has 0 bridgehead atoms. The summed E-state index contributed by atoms with van der Waals surface area (Å²) in [6, 6.07) is 8.25. The molecule has 1 heterocycles. The van der Waals surface area contributed by atoms with E-state index in [-0.39, 0.29) is 5.82 Å². The van der Waals surface area contributed by atoms with E-state index >= 15 is 0 Å². The minimum absolute atomic E-state index is 0.283. The van der Waals surface area contributed by atoms with Gasteiger partial charge in [0.05, 0.1) is 11.6 Å². The maximum Gasteiger partial charge on any atom is 0.131 e. The Kier molecular flexibility index (Phi) is 7.77. The third kappa shape index (κ3) is 6.58. The predicted molar refractivity (Wildman–Crippen MR) is 135 cm³/mol. The van der Waals surface area contributed by atoms with Crippen LogP contribution in [-0.4, -0.2) is 43.4 Å². The molecule has 2 fully saturated rings. The first-order valence-corrected chi connectivity index (χ1v) is 12.4. The minimum atomic E-state index is -0.283. The molecule has 180 valence electrons. The van der Waals surface area contributed by atoms with Gasteiger partial charge in [-0.25, -0.2) is 9.37 Å². The Morgan fingerprint density at radius 2 is 1.88 bits per heavy atom. The normalized spacial score (nSPS) is 22.6. The van der Waals surface area contributed by atoms with Crippen molar-refractivity contribution in [2.45, 2.75) is 70.5 Å². The van der Waals surface area contributed by atoms with Crippen molar-refractivity contribution < 1.29 is 9.13 Å². The van der Waals surface area contributed by atoms with Gasteiger partial charge in [-0.3, -0.25) is 0 Å². The number of hydrogen-bond acceptors (Lipinski definition) is 5. The van der Waals surface area contributed by atoms with Gasteiger partial charge in [-0.2, -0.15) is 0 Å². The summed E-state index contributed by atoms with van der Waals surface area (Å²) in [5, 5.41) is 11.1. The Labute approximate surface area is 201 Å². The first-order valence-electron chi connectivity index (χ1n) is 12.1. The van der Waals surface area contributed by atoms with E-state index < -0.39 is 0 Å². The number of methoxy groups -OCH3 is 1. The summed E-state index contributed by atoms with van der Waals surface area (Å²) in [6.07, 6.45) is 8.42. The zero-order chi connectivity index (χ0) is 23.4. The van der Waals surface area contributed by atoms with Crippen molar-refractivity contribution in [3.63, 3.8) is 0 Å². The van der Waals surface area contributed by atoms with Crippen LogP contribution in [0.1, 0.15) is 52.4 Å². The Morgan fingerprint density at radius 1 is 1.15 bits per heavy atom. The average Bonchev–Trinajstić information content (AvgIpc) is 3.53. The second kappa shape index (κ2) is 10.6.